The third-order valence-corrected chi connectivity index (χ3v) is 4.15. The monoisotopic (exact) mass is 339 g/mol. The number of hydrogen-bond donors (Lipinski definition) is 0. The maximum Gasteiger partial charge on any atom is 0.272 e. The fourth-order valence-electron chi connectivity index (χ4n) is 2.82. The Labute approximate surface area is 147 Å². The fourth-order valence-corrected chi connectivity index (χ4v) is 2.82. The topological polar surface area (TPSA) is 62.7 Å². The second kappa shape index (κ2) is 7.90. The number of pyridine rings is 1. The van der Waals surface area contributed by atoms with Gasteiger partial charge in [0.1, 0.15) is 5.69 Å². The number of carbonyl (C=O) groups is 2. The third kappa shape index (κ3) is 3.85. The molecule has 1 fully saturated rings. The van der Waals surface area contributed by atoms with E-state index in [0.29, 0.717) is 38.4 Å². The van der Waals surface area contributed by atoms with Gasteiger partial charge in [0, 0.05) is 37.1 Å². The van der Waals surface area contributed by atoms with Crippen molar-refractivity contribution < 1.29 is 14.3 Å². The van der Waals surface area contributed by atoms with E-state index in [1.807, 2.05) is 37.3 Å². The molecule has 6 heteroatoms. The first-order valence-electron chi connectivity index (χ1n) is 8.40. The Morgan fingerprint density at radius 1 is 1.16 bits per heavy atom. The molecule has 0 radical (unpaired) electrons. The first-order chi connectivity index (χ1) is 12.2. The van der Waals surface area contributed by atoms with Crippen LogP contribution in [-0.4, -0.2) is 54.5 Å². The van der Waals surface area contributed by atoms with E-state index in [0.717, 1.165) is 5.69 Å². The minimum Gasteiger partial charge on any atom is -0.378 e. The second-order valence-corrected chi connectivity index (χ2v) is 5.72. The summed E-state index contributed by atoms with van der Waals surface area (Å²) >= 11 is 0. The van der Waals surface area contributed by atoms with E-state index in [1.54, 1.807) is 21.9 Å². The molecule has 2 aromatic rings. The number of amides is 2. The lowest BCUT2D eigenvalue weighted by atomic mass is 10.1. The van der Waals surface area contributed by atoms with Crippen molar-refractivity contribution in [3.05, 3.63) is 59.9 Å². The molecule has 130 valence electrons. The number of ether oxygens (including phenoxy) is 1. The van der Waals surface area contributed by atoms with Gasteiger partial charge in [-0.3, -0.25) is 14.6 Å². The van der Waals surface area contributed by atoms with Crippen LogP contribution in [-0.2, 0) is 4.74 Å². The zero-order valence-electron chi connectivity index (χ0n) is 14.2. The Kier molecular flexibility index (Phi) is 5.40. The second-order valence-electron chi connectivity index (χ2n) is 5.72. The molecule has 2 heterocycles. The van der Waals surface area contributed by atoms with Crippen molar-refractivity contribution in [2.75, 3.05) is 37.7 Å². The van der Waals surface area contributed by atoms with E-state index in [2.05, 4.69) is 4.98 Å². The lowest BCUT2D eigenvalue weighted by molar-refractivity contribution is 0.0299. The Hall–Kier alpha value is -2.73. The van der Waals surface area contributed by atoms with Gasteiger partial charge in [0.15, 0.2) is 0 Å². The van der Waals surface area contributed by atoms with Crippen LogP contribution in [0.25, 0.3) is 0 Å². The smallest absolute Gasteiger partial charge is 0.272 e. The van der Waals surface area contributed by atoms with Crippen molar-refractivity contribution in [1.29, 1.82) is 0 Å². The van der Waals surface area contributed by atoms with Gasteiger partial charge < -0.3 is 14.5 Å². The highest BCUT2D eigenvalue weighted by Crippen LogP contribution is 2.17. The number of hydrogen-bond acceptors (Lipinski definition) is 4. The van der Waals surface area contributed by atoms with Crippen LogP contribution in [0.5, 0.6) is 0 Å². The number of benzene rings is 1. The molecule has 0 aliphatic carbocycles. The predicted octanol–water partition coefficient (Wildman–Crippen LogP) is 2.22. The van der Waals surface area contributed by atoms with Gasteiger partial charge in [0.25, 0.3) is 11.8 Å². The van der Waals surface area contributed by atoms with Crippen molar-refractivity contribution in [3.8, 4) is 0 Å². The quantitative estimate of drug-likeness (QED) is 0.857. The third-order valence-electron chi connectivity index (χ3n) is 4.15. The summed E-state index contributed by atoms with van der Waals surface area (Å²) in [6.07, 6.45) is 1.51. The molecule has 0 N–H and O–H groups in total. The van der Waals surface area contributed by atoms with E-state index >= 15 is 0 Å². The molecular weight excluding hydrogens is 318 g/mol. The van der Waals surface area contributed by atoms with Crippen LogP contribution in [0, 0.1) is 0 Å². The lowest BCUT2D eigenvalue weighted by Gasteiger charge is -2.26. The predicted molar refractivity (Wildman–Crippen MR) is 94.8 cm³/mol. The van der Waals surface area contributed by atoms with Gasteiger partial charge in [0.2, 0.25) is 0 Å². The molecule has 3 rings (SSSR count). The van der Waals surface area contributed by atoms with Crippen LogP contribution in [0.15, 0.2) is 48.7 Å². The summed E-state index contributed by atoms with van der Waals surface area (Å²) < 4.78 is 5.27. The van der Waals surface area contributed by atoms with Gasteiger partial charge in [-0.15, -0.1) is 0 Å². The van der Waals surface area contributed by atoms with Crippen molar-refractivity contribution in [2.45, 2.75) is 6.92 Å². The van der Waals surface area contributed by atoms with Crippen LogP contribution >= 0.6 is 0 Å². The van der Waals surface area contributed by atoms with E-state index in [4.69, 9.17) is 4.74 Å². The van der Waals surface area contributed by atoms with Crippen molar-refractivity contribution in [2.24, 2.45) is 0 Å². The highest BCUT2D eigenvalue weighted by molar-refractivity contribution is 6.07. The average Bonchev–Trinajstić information content (AvgIpc) is 2.69. The molecule has 0 spiro atoms. The minimum atomic E-state index is -0.166. The zero-order chi connectivity index (χ0) is 17.6. The van der Waals surface area contributed by atoms with Gasteiger partial charge >= 0.3 is 0 Å². The minimum absolute atomic E-state index is 0.146. The summed E-state index contributed by atoms with van der Waals surface area (Å²) in [7, 11) is 0. The standard InChI is InChI=1S/C19H21N3O3/c1-2-22(16-6-4-3-5-7-16)18(23)15-8-9-20-17(14-15)19(24)21-10-12-25-13-11-21/h3-9,14H,2,10-13H2,1H3. The van der Waals surface area contributed by atoms with Gasteiger partial charge in [0.05, 0.1) is 13.2 Å². The molecular formula is C19H21N3O3. The molecule has 0 unspecified atom stereocenters. The maximum atomic E-state index is 12.9. The van der Waals surface area contributed by atoms with Crippen LogP contribution < -0.4 is 4.90 Å². The van der Waals surface area contributed by atoms with Crippen molar-refractivity contribution >= 4 is 17.5 Å². The molecule has 6 nitrogen and oxygen atoms in total. The first kappa shape index (κ1) is 17.1. The molecule has 0 saturated carbocycles. The molecule has 25 heavy (non-hydrogen) atoms. The molecule has 1 aromatic heterocycles. The van der Waals surface area contributed by atoms with E-state index in [9.17, 15) is 9.59 Å². The van der Waals surface area contributed by atoms with Crippen LogP contribution in [0.3, 0.4) is 0 Å². The van der Waals surface area contributed by atoms with Crippen LogP contribution in [0.2, 0.25) is 0 Å². The summed E-state index contributed by atoms with van der Waals surface area (Å²) in [6.45, 7) is 4.61. The van der Waals surface area contributed by atoms with E-state index in [1.165, 1.54) is 6.20 Å². The number of rotatable bonds is 4. The van der Waals surface area contributed by atoms with Crippen LogP contribution in [0.1, 0.15) is 27.8 Å². The van der Waals surface area contributed by atoms with E-state index < -0.39 is 0 Å². The lowest BCUT2D eigenvalue weighted by Crippen LogP contribution is -2.41. The number of nitrogens with zero attached hydrogens (tertiary/aromatic N) is 3. The molecule has 1 aliphatic heterocycles. The number of para-hydroxylation sites is 1. The molecule has 1 aromatic carbocycles. The normalized spacial score (nSPS) is 14.2. The summed E-state index contributed by atoms with van der Waals surface area (Å²) in [5.41, 5.74) is 1.57. The fraction of sp³-hybridized carbons (Fsp3) is 0.316. The summed E-state index contributed by atoms with van der Waals surface area (Å²) in [4.78, 5) is 33.0. The Morgan fingerprint density at radius 2 is 1.88 bits per heavy atom. The molecule has 1 saturated heterocycles. The summed E-state index contributed by atoms with van der Waals surface area (Å²) in [5.74, 6) is -0.312. The molecule has 1 aliphatic rings. The molecule has 0 atom stereocenters. The first-order valence-corrected chi connectivity index (χ1v) is 8.40. The van der Waals surface area contributed by atoms with Crippen LogP contribution in [0.4, 0.5) is 5.69 Å². The number of anilines is 1. The Morgan fingerprint density at radius 3 is 2.56 bits per heavy atom. The summed E-state index contributed by atoms with van der Waals surface area (Å²) in [5, 5.41) is 0. The maximum absolute atomic E-state index is 12.9. The Bertz CT molecular complexity index is 743. The van der Waals surface area contributed by atoms with Crippen molar-refractivity contribution in [1.82, 2.24) is 9.88 Å². The molecule has 2 amide bonds. The number of carbonyl (C=O) groups excluding carboxylic acids is 2. The van der Waals surface area contributed by atoms with Gasteiger partial charge in [-0.1, -0.05) is 18.2 Å². The SMILES string of the molecule is CCN(C(=O)c1ccnc(C(=O)N2CCOCC2)c1)c1ccccc1. The largest absolute Gasteiger partial charge is 0.378 e. The highest BCUT2D eigenvalue weighted by Gasteiger charge is 2.22. The van der Waals surface area contributed by atoms with Gasteiger partial charge in [-0.05, 0) is 31.2 Å². The zero-order valence-corrected chi connectivity index (χ0v) is 14.2. The molecule has 0 bridgehead atoms. The van der Waals surface area contributed by atoms with Gasteiger partial charge in [-0.25, -0.2) is 0 Å². The number of aromatic nitrogens is 1. The Balaban J connectivity index is 1.82. The van der Waals surface area contributed by atoms with E-state index in [-0.39, 0.29) is 17.5 Å². The summed E-state index contributed by atoms with van der Waals surface area (Å²) in [6, 6.07) is 12.7. The average molecular weight is 339 g/mol. The highest BCUT2D eigenvalue weighted by atomic mass is 16.5. The van der Waals surface area contributed by atoms with Crippen molar-refractivity contribution in [3.63, 3.8) is 0 Å². The number of morpholine rings is 1. The van der Waals surface area contributed by atoms with Gasteiger partial charge in [-0.2, -0.15) is 0 Å².